The summed E-state index contributed by atoms with van der Waals surface area (Å²) in [4.78, 5) is 34.9. The highest BCUT2D eigenvalue weighted by Gasteiger charge is 2.30. The lowest BCUT2D eigenvalue weighted by Gasteiger charge is -2.25. The summed E-state index contributed by atoms with van der Waals surface area (Å²) in [6.07, 6.45) is 5.05. The quantitative estimate of drug-likeness (QED) is 0.714. The molecule has 1 aliphatic heterocycles. The number of methoxy groups -OCH3 is 1. The van der Waals surface area contributed by atoms with Gasteiger partial charge in [-0.25, -0.2) is 9.50 Å². The highest BCUT2D eigenvalue weighted by Crippen LogP contribution is 2.32. The topological polar surface area (TPSA) is 102 Å². The Hall–Kier alpha value is -3.49. The third-order valence-electron chi connectivity index (χ3n) is 4.79. The minimum Gasteiger partial charge on any atom is -0.497 e. The van der Waals surface area contributed by atoms with Gasteiger partial charge in [0.05, 0.1) is 19.7 Å². The fourth-order valence-corrected chi connectivity index (χ4v) is 3.40. The molecule has 28 heavy (non-hydrogen) atoms. The van der Waals surface area contributed by atoms with Crippen LogP contribution in [0.3, 0.4) is 0 Å². The van der Waals surface area contributed by atoms with E-state index in [1.807, 2.05) is 24.3 Å². The first-order chi connectivity index (χ1) is 13.7. The number of carbonyl (C=O) groups is 2. The molecule has 2 aromatic heterocycles. The Labute approximate surface area is 161 Å². The molecule has 0 spiro atoms. The smallest absolute Gasteiger partial charge is 0.291 e. The van der Waals surface area contributed by atoms with Crippen LogP contribution in [0.15, 0.2) is 42.7 Å². The number of rotatable bonds is 5. The first-order valence-electron chi connectivity index (χ1n) is 9.05. The Kier molecular flexibility index (Phi) is 4.88. The first-order valence-corrected chi connectivity index (χ1v) is 9.05. The van der Waals surface area contributed by atoms with Crippen molar-refractivity contribution in [3.63, 3.8) is 0 Å². The molecule has 1 fully saturated rings. The molecule has 3 aromatic rings. The average Bonchev–Trinajstić information content (AvgIpc) is 3.39. The zero-order valence-electron chi connectivity index (χ0n) is 15.4. The lowest BCUT2D eigenvalue weighted by atomic mass is 10.0. The second-order valence-electron chi connectivity index (χ2n) is 6.50. The molecule has 1 aromatic carbocycles. The summed E-state index contributed by atoms with van der Waals surface area (Å²) in [5.74, 6) is 0.464. The summed E-state index contributed by atoms with van der Waals surface area (Å²) in [6.45, 7) is 0.566. The molecule has 144 valence electrons. The number of nitrogens with zero attached hydrogens (tertiary/aromatic N) is 5. The summed E-state index contributed by atoms with van der Waals surface area (Å²) < 4.78 is 6.60. The van der Waals surface area contributed by atoms with Gasteiger partial charge in [-0.05, 0) is 36.6 Å². The summed E-state index contributed by atoms with van der Waals surface area (Å²) in [6, 6.07) is 9.43. The molecular weight excluding hydrogens is 360 g/mol. The zero-order valence-corrected chi connectivity index (χ0v) is 15.4. The van der Waals surface area contributed by atoms with E-state index >= 15 is 0 Å². The predicted octanol–water partition coefficient (Wildman–Crippen LogP) is 1.23. The first kappa shape index (κ1) is 17.9. The number of nitrogens with one attached hydrogen (secondary N) is 1. The molecule has 1 N–H and O–H groups in total. The van der Waals surface area contributed by atoms with E-state index in [1.165, 1.54) is 4.52 Å². The van der Waals surface area contributed by atoms with Crippen molar-refractivity contribution in [2.75, 3.05) is 20.2 Å². The monoisotopic (exact) mass is 380 g/mol. The highest BCUT2D eigenvalue weighted by molar-refractivity contribution is 5.93. The van der Waals surface area contributed by atoms with Gasteiger partial charge in [-0.1, -0.05) is 12.1 Å². The van der Waals surface area contributed by atoms with Gasteiger partial charge in [0.25, 0.3) is 11.7 Å². The van der Waals surface area contributed by atoms with Crippen molar-refractivity contribution in [3.8, 4) is 5.75 Å². The molecular formula is C19H20N6O3. The van der Waals surface area contributed by atoms with Crippen LogP contribution in [-0.4, -0.2) is 56.5 Å². The molecule has 0 saturated carbocycles. The Morgan fingerprint density at radius 2 is 2.11 bits per heavy atom. The maximum atomic E-state index is 12.7. The number of amides is 2. The lowest BCUT2D eigenvalue weighted by molar-refractivity contribution is -0.131. The van der Waals surface area contributed by atoms with Crippen LogP contribution in [0.4, 0.5) is 0 Å². The number of fused-ring (bicyclic) bond motifs is 1. The van der Waals surface area contributed by atoms with Crippen molar-refractivity contribution in [1.82, 2.24) is 29.8 Å². The van der Waals surface area contributed by atoms with Gasteiger partial charge >= 0.3 is 0 Å². The Morgan fingerprint density at radius 1 is 1.29 bits per heavy atom. The molecule has 2 amide bonds. The molecule has 9 nitrogen and oxygen atoms in total. The third-order valence-corrected chi connectivity index (χ3v) is 4.79. The zero-order chi connectivity index (χ0) is 19.5. The van der Waals surface area contributed by atoms with Gasteiger partial charge in [-0.3, -0.25) is 9.59 Å². The number of benzene rings is 1. The van der Waals surface area contributed by atoms with E-state index in [-0.39, 0.29) is 24.3 Å². The second-order valence-corrected chi connectivity index (χ2v) is 6.50. The van der Waals surface area contributed by atoms with Gasteiger partial charge in [0, 0.05) is 18.9 Å². The Morgan fingerprint density at radius 3 is 2.86 bits per heavy atom. The van der Waals surface area contributed by atoms with Gasteiger partial charge in [-0.15, -0.1) is 5.10 Å². The van der Waals surface area contributed by atoms with Crippen molar-refractivity contribution >= 4 is 17.6 Å². The molecule has 1 atom stereocenters. The summed E-state index contributed by atoms with van der Waals surface area (Å²) in [7, 11) is 1.62. The molecule has 1 saturated heterocycles. The van der Waals surface area contributed by atoms with Crippen LogP contribution in [0.5, 0.6) is 5.75 Å². The van der Waals surface area contributed by atoms with Crippen LogP contribution in [0.25, 0.3) is 5.78 Å². The van der Waals surface area contributed by atoms with Gasteiger partial charge < -0.3 is 15.0 Å². The largest absolute Gasteiger partial charge is 0.497 e. The normalized spacial score (nSPS) is 16.3. The minimum atomic E-state index is -0.501. The van der Waals surface area contributed by atoms with Crippen molar-refractivity contribution in [2.24, 2.45) is 0 Å². The third kappa shape index (κ3) is 3.51. The predicted molar refractivity (Wildman–Crippen MR) is 99.8 cm³/mol. The SMILES string of the molecule is COc1ccc([C@@H]2CCCN2C(=O)CNC(=O)c2nc3ncccn3n2)cc1. The van der Waals surface area contributed by atoms with Gasteiger partial charge in [0.2, 0.25) is 11.7 Å². The number of ether oxygens (including phenoxy) is 1. The van der Waals surface area contributed by atoms with E-state index in [4.69, 9.17) is 4.74 Å². The van der Waals surface area contributed by atoms with E-state index in [9.17, 15) is 9.59 Å². The van der Waals surface area contributed by atoms with Crippen LogP contribution in [-0.2, 0) is 4.79 Å². The summed E-state index contributed by atoms with van der Waals surface area (Å²) in [5, 5.41) is 6.67. The number of likely N-dealkylation sites (tertiary alicyclic amines) is 1. The summed E-state index contributed by atoms with van der Waals surface area (Å²) >= 11 is 0. The van der Waals surface area contributed by atoms with E-state index < -0.39 is 5.91 Å². The van der Waals surface area contributed by atoms with Gasteiger partial charge in [0.1, 0.15) is 5.75 Å². The van der Waals surface area contributed by atoms with Crippen molar-refractivity contribution in [2.45, 2.75) is 18.9 Å². The van der Waals surface area contributed by atoms with E-state index in [2.05, 4.69) is 20.4 Å². The van der Waals surface area contributed by atoms with Crippen molar-refractivity contribution < 1.29 is 14.3 Å². The second kappa shape index (κ2) is 7.63. The van der Waals surface area contributed by atoms with Crippen LogP contribution in [0, 0.1) is 0 Å². The molecule has 9 heteroatoms. The Bertz CT molecular complexity index is 967. The number of hydrogen-bond acceptors (Lipinski definition) is 6. The number of carbonyl (C=O) groups excluding carboxylic acids is 2. The molecule has 0 bridgehead atoms. The lowest BCUT2D eigenvalue weighted by Crippen LogP contribution is -2.40. The number of aromatic nitrogens is 4. The Balaban J connectivity index is 1.40. The van der Waals surface area contributed by atoms with E-state index in [0.717, 1.165) is 24.2 Å². The van der Waals surface area contributed by atoms with E-state index in [1.54, 1.807) is 30.5 Å². The summed E-state index contributed by atoms with van der Waals surface area (Å²) in [5.41, 5.74) is 1.06. The number of hydrogen-bond donors (Lipinski definition) is 1. The van der Waals surface area contributed by atoms with Crippen LogP contribution in [0.1, 0.15) is 35.1 Å². The maximum absolute atomic E-state index is 12.7. The molecule has 1 aliphatic rings. The molecule has 0 radical (unpaired) electrons. The minimum absolute atomic E-state index is 0.00725. The van der Waals surface area contributed by atoms with Gasteiger partial charge in [-0.2, -0.15) is 4.98 Å². The van der Waals surface area contributed by atoms with Crippen LogP contribution in [0.2, 0.25) is 0 Å². The standard InChI is InChI=1S/C19H20N6O3/c1-28-14-7-5-13(6-8-14)15-4-2-10-24(15)16(26)12-21-18(27)17-22-19-20-9-3-11-25(19)23-17/h3,5-9,11,15H,2,4,10,12H2,1H3,(H,21,27)/t15-/m0/s1. The molecule has 0 unspecified atom stereocenters. The van der Waals surface area contributed by atoms with Crippen molar-refractivity contribution in [1.29, 1.82) is 0 Å². The molecule has 4 rings (SSSR count). The molecule has 3 heterocycles. The van der Waals surface area contributed by atoms with Crippen LogP contribution >= 0.6 is 0 Å². The maximum Gasteiger partial charge on any atom is 0.291 e. The van der Waals surface area contributed by atoms with Crippen LogP contribution < -0.4 is 10.1 Å². The van der Waals surface area contributed by atoms with Crippen molar-refractivity contribution in [3.05, 3.63) is 54.1 Å². The van der Waals surface area contributed by atoms with Gasteiger partial charge in [0.15, 0.2) is 0 Å². The fraction of sp³-hybridized carbons (Fsp3) is 0.316. The fourth-order valence-electron chi connectivity index (χ4n) is 3.40. The van der Waals surface area contributed by atoms with E-state index in [0.29, 0.717) is 12.3 Å². The molecule has 0 aliphatic carbocycles. The highest BCUT2D eigenvalue weighted by atomic mass is 16.5. The average molecular weight is 380 g/mol.